The summed E-state index contributed by atoms with van der Waals surface area (Å²) in [5.41, 5.74) is 6.01. The van der Waals surface area contributed by atoms with Crippen molar-refractivity contribution in [2.45, 2.75) is 6.42 Å². The van der Waals surface area contributed by atoms with Crippen molar-refractivity contribution in [2.75, 3.05) is 24.7 Å². The van der Waals surface area contributed by atoms with Gasteiger partial charge in [0.2, 0.25) is 11.9 Å². The average molecular weight is 281 g/mol. The standard InChI is InChI=1S/C12H13F2N5O/c1-20-12-18-10(15)17-11(19-12)16-3-2-7-4-8(13)6-9(14)5-7/h4-6H,2-3H2,1H3,(H3,15,16,17,18,19). The van der Waals surface area contributed by atoms with Crippen molar-refractivity contribution in [1.29, 1.82) is 0 Å². The van der Waals surface area contributed by atoms with Crippen LogP contribution in [-0.4, -0.2) is 28.6 Å². The SMILES string of the molecule is COc1nc(N)nc(NCCc2cc(F)cc(F)c2)n1. The Morgan fingerprint density at radius 3 is 2.50 bits per heavy atom. The summed E-state index contributed by atoms with van der Waals surface area (Å²) in [6.45, 7) is 0.384. The molecule has 3 N–H and O–H groups in total. The van der Waals surface area contributed by atoms with Gasteiger partial charge in [-0.15, -0.1) is 0 Å². The van der Waals surface area contributed by atoms with Crippen LogP contribution in [0.4, 0.5) is 20.7 Å². The zero-order valence-corrected chi connectivity index (χ0v) is 10.7. The van der Waals surface area contributed by atoms with Crippen LogP contribution >= 0.6 is 0 Å². The molecule has 1 aromatic heterocycles. The molecule has 2 rings (SSSR count). The Labute approximate surface area is 114 Å². The molecule has 1 heterocycles. The van der Waals surface area contributed by atoms with Gasteiger partial charge in [-0.25, -0.2) is 8.78 Å². The molecule has 106 valence electrons. The fourth-order valence-electron chi connectivity index (χ4n) is 1.62. The molecule has 0 unspecified atom stereocenters. The van der Waals surface area contributed by atoms with Crippen molar-refractivity contribution >= 4 is 11.9 Å². The van der Waals surface area contributed by atoms with Gasteiger partial charge >= 0.3 is 6.01 Å². The highest BCUT2D eigenvalue weighted by molar-refractivity contribution is 5.32. The molecule has 0 saturated heterocycles. The maximum Gasteiger partial charge on any atom is 0.322 e. The van der Waals surface area contributed by atoms with Crippen LogP contribution in [0.2, 0.25) is 0 Å². The number of nitrogens with one attached hydrogen (secondary N) is 1. The number of nitrogens with zero attached hydrogens (tertiary/aromatic N) is 3. The van der Waals surface area contributed by atoms with E-state index in [9.17, 15) is 8.78 Å². The summed E-state index contributed by atoms with van der Waals surface area (Å²) in [6, 6.07) is 3.46. The minimum absolute atomic E-state index is 0.0242. The van der Waals surface area contributed by atoms with Gasteiger partial charge in [0.05, 0.1) is 7.11 Å². The molecule has 1 aromatic carbocycles. The molecular weight excluding hydrogens is 268 g/mol. The normalized spacial score (nSPS) is 10.3. The molecule has 0 aliphatic carbocycles. The summed E-state index contributed by atoms with van der Waals surface area (Å²) < 4.78 is 30.9. The van der Waals surface area contributed by atoms with Gasteiger partial charge in [0.25, 0.3) is 0 Å². The van der Waals surface area contributed by atoms with Crippen molar-refractivity contribution < 1.29 is 13.5 Å². The molecule has 0 saturated carbocycles. The second-order valence-corrected chi connectivity index (χ2v) is 3.96. The number of rotatable bonds is 5. The number of halogens is 2. The topological polar surface area (TPSA) is 86.0 Å². The van der Waals surface area contributed by atoms with E-state index in [-0.39, 0.29) is 17.9 Å². The Kier molecular flexibility index (Phi) is 4.24. The quantitative estimate of drug-likeness (QED) is 0.861. The summed E-state index contributed by atoms with van der Waals surface area (Å²) >= 11 is 0. The van der Waals surface area contributed by atoms with Crippen LogP contribution in [-0.2, 0) is 6.42 Å². The first-order valence-electron chi connectivity index (χ1n) is 5.81. The third-order valence-corrected chi connectivity index (χ3v) is 2.43. The summed E-state index contributed by atoms with van der Waals surface area (Å²) in [5.74, 6) is -0.945. The number of anilines is 2. The summed E-state index contributed by atoms with van der Waals surface area (Å²) in [7, 11) is 1.41. The van der Waals surface area contributed by atoms with Crippen molar-refractivity contribution in [1.82, 2.24) is 15.0 Å². The number of benzene rings is 1. The smallest absolute Gasteiger partial charge is 0.322 e. The third-order valence-electron chi connectivity index (χ3n) is 2.43. The molecule has 0 spiro atoms. The van der Waals surface area contributed by atoms with E-state index in [1.807, 2.05) is 0 Å². The van der Waals surface area contributed by atoms with Crippen LogP contribution in [0, 0.1) is 11.6 Å². The third kappa shape index (κ3) is 3.74. The van der Waals surface area contributed by atoms with Crippen LogP contribution in [0.15, 0.2) is 18.2 Å². The van der Waals surface area contributed by atoms with Gasteiger partial charge in [0.15, 0.2) is 0 Å². The number of nitrogens with two attached hydrogens (primary N) is 1. The number of ether oxygens (including phenoxy) is 1. The Morgan fingerprint density at radius 1 is 1.15 bits per heavy atom. The molecule has 6 nitrogen and oxygen atoms in total. The summed E-state index contributed by atoms with van der Waals surface area (Å²) in [6.07, 6.45) is 0.405. The van der Waals surface area contributed by atoms with Crippen molar-refractivity contribution in [3.8, 4) is 6.01 Å². The molecule has 20 heavy (non-hydrogen) atoms. The fourth-order valence-corrected chi connectivity index (χ4v) is 1.62. The monoisotopic (exact) mass is 281 g/mol. The van der Waals surface area contributed by atoms with Gasteiger partial charge < -0.3 is 15.8 Å². The van der Waals surface area contributed by atoms with Crippen LogP contribution < -0.4 is 15.8 Å². The molecule has 0 aliphatic rings. The molecular formula is C12H13F2N5O. The maximum absolute atomic E-state index is 13.0. The van der Waals surface area contributed by atoms with E-state index >= 15 is 0 Å². The molecule has 0 bridgehead atoms. The lowest BCUT2D eigenvalue weighted by atomic mass is 10.1. The van der Waals surface area contributed by atoms with E-state index in [0.29, 0.717) is 18.5 Å². The van der Waals surface area contributed by atoms with Crippen molar-refractivity contribution in [2.24, 2.45) is 0 Å². The van der Waals surface area contributed by atoms with Gasteiger partial charge in [-0.05, 0) is 24.1 Å². The maximum atomic E-state index is 13.0. The van der Waals surface area contributed by atoms with Crippen molar-refractivity contribution in [3.05, 3.63) is 35.4 Å². The predicted molar refractivity (Wildman–Crippen MR) is 69.3 cm³/mol. The first-order valence-corrected chi connectivity index (χ1v) is 5.81. The number of nitrogen functional groups attached to an aromatic ring is 1. The highest BCUT2D eigenvalue weighted by Crippen LogP contribution is 2.10. The van der Waals surface area contributed by atoms with Gasteiger partial charge in [0, 0.05) is 12.6 Å². The van der Waals surface area contributed by atoms with Gasteiger partial charge in [-0.1, -0.05) is 0 Å². The van der Waals surface area contributed by atoms with E-state index in [0.717, 1.165) is 6.07 Å². The molecule has 2 aromatic rings. The first-order chi connectivity index (χ1) is 9.56. The first kappa shape index (κ1) is 13.9. The van der Waals surface area contributed by atoms with Crippen LogP contribution in [0.5, 0.6) is 6.01 Å². The molecule has 0 amide bonds. The fraction of sp³-hybridized carbons (Fsp3) is 0.250. The number of methoxy groups -OCH3 is 1. The highest BCUT2D eigenvalue weighted by Gasteiger charge is 2.05. The number of aromatic nitrogens is 3. The molecule has 0 atom stereocenters. The highest BCUT2D eigenvalue weighted by atomic mass is 19.1. The van der Waals surface area contributed by atoms with E-state index in [2.05, 4.69) is 20.3 Å². The second-order valence-electron chi connectivity index (χ2n) is 3.96. The summed E-state index contributed by atoms with van der Waals surface area (Å²) in [5, 5.41) is 2.88. The van der Waals surface area contributed by atoms with Gasteiger partial charge in [0.1, 0.15) is 11.6 Å². The second kappa shape index (κ2) is 6.09. The average Bonchev–Trinajstić information content (AvgIpc) is 2.37. The largest absolute Gasteiger partial charge is 0.467 e. The van der Waals surface area contributed by atoms with E-state index in [1.165, 1.54) is 19.2 Å². The Bertz CT molecular complexity index is 588. The van der Waals surface area contributed by atoms with Gasteiger partial charge in [-0.3, -0.25) is 0 Å². The lowest BCUT2D eigenvalue weighted by molar-refractivity contribution is 0.379. The van der Waals surface area contributed by atoms with E-state index in [4.69, 9.17) is 10.5 Å². The van der Waals surface area contributed by atoms with Gasteiger partial charge in [-0.2, -0.15) is 15.0 Å². The zero-order chi connectivity index (χ0) is 14.5. The van der Waals surface area contributed by atoms with Crippen LogP contribution in [0.25, 0.3) is 0 Å². The number of hydrogen-bond donors (Lipinski definition) is 2. The Morgan fingerprint density at radius 2 is 1.85 bits per heavy atom. The lowest BCUT2D eigenvalue weighted by Crippen LogP contribution is -2.11. The van der Waals surface area contributed by atoms with E-state index in [1.54, 1.807) is 0 Å². The minimum Gasteiger partial charge on any atom is -0.467 e. The molecule has 0 radical (unpaired) electrons. The zero-order valence-electron chi connectivity index (χ0n) is 10.7. The number of hydrogen-bond acceptors (Lipinski definition) is 6. The Hall–Kier alpha value is -2.51. The lowest BCUT2D eigenvalue weighted by Gasteiger charge is -2.06. The molecule has 0 fully saturated rings. The molecule has 0 aliphatic heterocycles. The van der Waals surface area contributed by atoms with Crippen LogP contribution in [0.3, 0.4) is 0 Å². The van der Waals surface area contributed by atoms with Crippen LogP contribution in [0.1, 0.15) is 5.56 Å². The summed E-state index contributed by atoms with van der Waals surface area (Å²) in [4.78, 5) is 11.5. The molecule has 8 heteroatoms. The Balaban J connectivity index is 1.97. The van der Waals surface area contributed by atoms with Crippen molar-refractivity contribution in [3.63, 3.8) is 0 Å². The van der Waals surface area contributed by atoms with E-state index < -0.39 is 11.6 Å². The minimum atomic E-state index is -0.605. The predicted octanol–water partition coefficient (Wildman–Crippen LogP) is 1.40.